The highest BCUT2D eigenvalue weighted by molar-refractivity contribution is 8.13. The first-order valence-electron chi connectivity index (χ1n) is 12.9. The zero-order valence-electron chi connectivity index (χ0n) is 23.2. The van der Waals surface area contributed by atoms with Gasteiger partial charge < -0.3 is 15.2 Å². The second-order valence-corrected chi connectivity index (χ2v) is 13.9. The number of hydrogen-bond donors (Lipinski definition) is 2. The molecule has 0 aromatic carbocycles. The number of nitrogens with one attached hydrogen (secondary N) is 1. The van der Waals surface area contributed by atoms with Gasteiger partial charge in [0.05, 0.1) is 25.1 Å². The Balaban J connectivity index is 1.42. The van der Waals surface area contributed by atoms with Crippen LogP contribution >= 0.6 is 19.5 Å². The Labute approximate surface area is 231 Å². The number of nitrogens with zero attached hydrogens (tertiary/aromatic N) is 4. The van der Waals surface area contributed by atoms with Gasteiger partial charge in [-0.25, -0.2) is 24.6 Å². The van der Waals surface area contributed by atoms with Gasteiger partial charge in [0.1, 0.15) is 30.2 Å². The fraction of sp³-hybridized carbons (Fsp3) is 0.708. The third kappa shape index (κ3) is 6.63. The van der Waals surface area contributed by atoms with Crippen molar-refractivity contribution in [2.45, 2.75) is 79.0 Å². The van der Waals surface area contributed by atoms with Crippen LogP contribution in [0.2, 0.25) is 0 Å². The highest BCUT2D eigenvalue weighted by atomic mass is 32.2. The summed E-state index contributed by atoms with van der Waals surface area (Å²) in [5.41, 5.74) is 6.46. The number of ether oxygens (including phenoxy) is 2. The predicted molar refractivity (Wildman–Crippen MR) is 145 cm³/mol. The van der Waals surface area contributed by atoms with Crippen molar-refractivity contribution < 1.29 is 32.7 Å². The molecule has 216 valence electrons. The van der Waals surface area contributed by atoms with Crippen molar-refractivity contribution >= 4 is 47.6 Å². The molecule has 2 aromatic heterocycles. The van der Waals surface area contributed by atoms with E-state index >= 15 is 0 Å². The molecule has 0 radical (unpaired) electrons. The number of imidazole rings is 1. The number of thioether (sulfide) groups is 1. The van der Waals surface area contributed by atoms with Crippen molar-refractivity contribution in [1.29, 1.82) is 0 Å². The molecule has 1 saturated carbocycles. The van der Waals surface area contributed by atoms with Crippen LogP contribution in [-0.2, 0) is 32.7 Å². The lowest BCUT2D eigenvalue weighted by molar-refractivity contribution is -0.149. The smallest absolute Gasteiger partial charge is 0.406 e. The van der Waals surface area contributed by atoms with Crippen molar-refractivity contribution in [1.82, 2.24) is 24.6 Å². The van der Waals surface area contributed by atoms with Gasteiger partial charge in [-0.3, -0.25) is 23.2 Å². The highest BCUT2D eigenvalue weighted by Gasteiger charge is 2.65. The Morgan fingerprint density at radius 2 is 1.97 bits per heavy atom. The van der Waals surface area contributed by atoms with Crippen LogP contribution in [-0.4, -0.2) is 67.3 Å². The van der Waals surface area contributed by atoms with Crippen LogP contribution < -0.4 is 10.8 Å². The first kappa shape index (κ1) is 29.9. The maximum Gasteiger partial charge on any atom is 0.406 e. The molecule has 7 atom stereocenters. The number of hydrogen-bond acceptors (Lipinski definition) is 12. The van der Waals surface area contributed by atoms with Crippen LogP contribution in [0.15, 0.2) is 12.7 Å². The van der Waals surface area contributed by atoms with Crippen LogP contribution in [0.1, 0.15) is 54.7 Å². The monoisotopic (exact) mass is 584 g/mol. The lowest BCUT2D eigenvalue weighted by atomic mass is 10.00. The summed E-state index contributed by atoms with van der Waals surface area (Å²) in [5.74, 6) is -0.122. The van der Waals surface area contributed by atoms with E-state index in [1.807, 2.05) is 32.3 Å². The predicted octanol–water partition coefficient (Wildman–Crippen LogP) is 3.32. The van der Waals surface area contributed by atoms with E-state index in [2.05, 4.69) is 20.0 Å². The highest BCUT2D eigenvalue weighted by Crippen LogP contribution is 2.61. The molecule has 2 aliphatic rings. The molecule has 1 aliphatic heterocycles. The molecule has 3 unspecified atom stereocenters. The molecule has 0 spiro atoms. The van der Waals surface area contributed by atoms with Gasteiger partial charge in [0.15, 0.2) is 16.6 Å². The van der Waals surface area contributed by atoms with Gasteiger partial charge in [-0.1, -0.05) is 39.5 Å². The maximum atomic E-state index is 13.8. The summed E-state index contributed by atoms with van der Waals surface area (Å²) in [6.07, 6.45) is 1.44. The van der Waals surface area contributed by atoms with Crippen LogP contribution in [0.5, 0.6) is 0 Å². The molecule has 39 heavy (non-hydrogen) atoms. The number of nitrogens with two attached hydrogens (primary N) is 1. The third-order valence-corrected chi connectivity index (χ3v) is 9.46. The molecule has 1 aliphatic carbocycles. The first-order chi connectivity index (χ1) is 18.2. The Morgan fingerprint density at radius 3 is 2.59 bits per heavy atom. The molecule has 3 heterocycles. The first-order valence-corrected chi connectivity index (χ1v) is 15.4. The van der Waals surface area contributed by atoms with Gasteiger partial charge >= 0.3 is 13.7 Å². The molecule has 1 saturated heterocycles. The topological polar surface area (TPSA) is 170 Å². The van der Waals surface area contributed by atoms with Gasteiger partial charge in [-0.15, -0.1) is 0 Å². The average Bonchev–Trinajstić information content (AvgIpc) is 3.14. The molecule has 3 N–H and O–H groups in total. The standard InChI is InChI=1S/C24H37N6O7PS/c1-12(2)35-22(31)14(4)29-38(33,34-8-9-39-23(32)24(5,6)7)37-18-15-13(3)21(36-17(15)18)30-11-28-16-19(25)26-10-27-20(16)30/h10-15,17-18,21H,8-9H2,1-7H3,(H,29,33)(H2,25,26,27)/t13-,14-,15?,17-,18?,21+,38?/m0/s1. The fourth-order valence-corrected chi connectivity index (χ4v) is 7.01. The largest absolute Gasteiger partial charge is 0.462 e. The number of rotatable bonds is 11. The van der Waals surface area contributed by atoms with Crippen LogP contribution in [0.4, 0.5) is 5.82 Å². The summed E-state index contributed by atoms with van der Waals surface area (Å²) in [6.45, 7) is 12.5. The second kappa shape index (κ2) is 11.4. The van der Waals surface area contributed by atoms with Crippen molar-refractivity contribution in [3.8, 4) is 0 Å². The molecular weight excluding hydrogens is 547 g/mol. The van der Waals surface area contributed by atoms with E-state index in [1.165, 1.54) is 13.3 Å². The third-order valence-electron chi connectivity index (χ3n) is 6.46. The van der Waals surface area contributed by atoms with Gasteiger partial charge in [0.2, 0.25) is 0 Å². The molecule has 2 aromatic rings. The molecule has 4 rings (SSSR count). The van der Waals surface area contributed by atoms with E-state index in [9.17, 15) is 14.2 Å². The van der Waals surface area contributed by atoms with E-state index < -0.39 is 31.3 Å². The van der Waals surface area contributed by atoms with Gasteiger partial charge in [-0.05, 0) is 20.8 Å². The number of esters is 1. The Hall–Kier alpha value is -2.09. The SMILES string of the molecule is CC(C)OC(=O)[C@H](C)NP(=O)(OCCSC(=O)C(C)(C)C)OC1C2[C@@H]1O[C@@H](n1cnc3c(N)ncnc31)[C@H]2C. The van der Waals surface area contributed by atoms with Crippen LogP contribution in [0, 0.1) is 17.3 Å². The molecule has 13 nitrogen and oxygen atoms in total. The van der Waals surface area contributed by atoms with Crippen LogP contribution in [0.3, 0.4) is 0 Å². The van der Waals surface area contributed by atoms with E-state index in [0.29, 0.717) is 11.2 Å². The van der Waals surface area contributed by atoms with Gasteiger partial charge in [0, 0.05) is 23.0 Å². The van der Waals surface area contributed by atoms with Crippen molar-refractivity contribution in [3.63, 3.8) is 0 Å². The quantitative estimate of drug-likeness (QED) is 0.224. The van der Waals surface area contributed by atoms with E-state index in [4.69, 9.17) is 24.3 Å². The minimum absolute atomic E-state index is 0.00673. The summed E-state index contributed by atoms with van der Waals surface area (Å²) in [5, 5.41) is 2.70. The number of aromatic nitrogens is 4. The second-order valence-electron chi connectivity index (χ2n) is 11.1. The average molecular weight is 585 g/mol. The number of anilines is 1. The normalized spacial score (nSPS) is 26.8. The number of carbonyl (C=O) groups excluding carboxylic acids is 2. The van der Waals surface area contributed by atoms with Crippen molar-refractivity contribution in [2.75, 3.05) is 18.1 Å². The Bertz CT molecular complexity index is 1270. The summed E-state index contributed by atoms with van der Waals surface area (Å²) in [6, 6.07) is -0.950. The maximum absolute atomic E-state index is 13.8. The summed E-state index contributed by atoms with van der Waals surface area (Å²) in [4.78, 5) is 37.2. The number of fused-ring (bicyclic) bond motifs is 2. The molecule has 2 fully saturated rings. The zero-order valence-corrected chi connectivity index (χ0v) is 24.9. The lowest BCUT2D eigenvalue weighted by Gasteiger charge is -2.26. The van der Waals surface area contributed by atoms with E-state index in [-0.39, 0.29) is 53.6 Å². The molecule has 0 amide bonds. The summed E-state index contributed by atoms with van der Waals surface area (Å²) >= 11 is 1.10. The van der Waals surface area contributed by atoms with E-state index in [1.54, 1.807) is 20.2 Å². The molecule has 0 bridgehead atoms. The minimum atomic E-state index is -3.98. The molecule has 15 heteroatoms. The molecular formula is C24H37N6O7PS. The summed E-state index contributed by atoms with van der Waals surface area (Å²) < 4.78 is 38.8. The Morgan fingerprint density at radius 1 is 1.26 bits per heavy atom. The van der Waals surface area contributed by atoms with Gasteiger partial charge in [0.25, 0.3) is 0 Å². The zero-order chi connectivity index (χ0) is 28.7. The van der Waals surface area contributed by atoms with Crippen LogP contribution in [0.25, 0.3) is 11.2 Å². The van der Waals surface area contributed by atoms with Crippen molar-refractivity contribution in [2.24, 2.45) is 17.3 Å². The minimum Gasteiger partial charge on any atom is -0.462 e. The van der Waals surface area contributed by atoms with E-state index in [0.717, 1.165) is 11.8 Å². The number of carbonyl (C=O) groups is 2. The fourth-order valence-electron chi connectivity index (χ4n) is 4.42. The lowest BCUT2D eigenvalue weighted by Crippen LogP contribution is -2.36. The summed E-state index contributed by atoms with van der Waals surface area (Å²) in [7, 11) is -3.98. The van der Waals surface area contributed by atoms with Crippen molar-refractivity contribution in [3.05, 3.63) is 12.7 Å². The van der Waals surface area contributed by atoms with Gasteiger partial charge in [-0.2, -0.15) is 0 Å². The number of nitrogen functional groups attached to an aromatic ring is 1. The Kier molecular flexibility index (Phi) is 8.75.